The highest BCUT2D eigenvalue weighted by molar-refractivity contribution is 5.04. The van der Waals surface area contributed by atoms with Crippen LogP contribution in [0.2, 0.25) is 0 Å². The quantitative estimate of drug-likeness (QED) is 0.865. The van der Waals surface area contributed by atoms with Crippen LogP contribution >= 0.6 is 0 Å². The Bertz CT molecular complexity index is 420. The highest BCUT2D eigenvalue weighted by atomic mass is 16.5. The molecule has 0 aromatic carbocycles. The Labute approximate surface area is 101 Å². The first-order valence-electron chi connectivity index (χ1n) is 6.34. The molecule has 1 fully saturated rings. The van der Waals surface area contributed by atoms with Gasteiger partial charge in [-0.15, -0.1) is 0 Å². The predicted molar refractivity (Wildman–Crippen MR) is 66.1 cm³/mol. The second kappa shape index (κ2) is 5.45. The van der Waals surface area contributed by atoms with Crippen LogP contribution in [0.25, 0.3) is 0 Å². The summed E-state index contributed by atoms with van der Waals surface area (Å²) in [7, 11) is 0. The SMILES string of the molecule is CC(C)Cc1cc(=O)[nH]c(CC2CCCO2)n1. The fraction of sp³-hybridized carbons (Fsp3) is 0.692. The van der Waals surface area contributed by atoms with E-state index >= 15 is 0 Å². The second-order valence-corrected chi connectivity index (χ2v) is 5.12. The van der Waals surface area contributed by atoms with Crippen molar-refractivity contribution in [1.82, 2.24) is 9.97 Å². The normalized spacial score (nSPS) is 20.1. The number of hydrogen-bond donors (Lipinski definition) is 1. The highest BCUT2D eigenvalue weighted by Crippen LogP contribution is 2.15. The number of hydrogen-bond acceptors (Lipinski definition) is 3. The summed E-state index contributed by atoms with van der Waals surface area (Å²) in [5.41, 5.74) is 0.834. The molecule has 0 radical (unpaired) electrons. The van der Waals surface area contributed by atoms with Crippen molar-refractivity contribution in [1.29, 1.82) is 0 Å². The third-order valence-corrected chi connectivity index (χ3v) is 2.91. The lowest BCUT2D eigenvalue weighted by atomic mass is 10.1. The molecular weight excluding hydrogens is 216 g/mol. The van der Waals surface area contributed by atoms with E-state index in [1.807, 2.05) is 0 Å². The van der Waals surface area contributed by atoms with Gasteiger partial charge in [0, 0.05) is 24.8 Å². The van der Waals surface area contributed by atoms with Crippen molar-refractivity contribution in [3.8, 4) is 0 Å². The summed E-state index contributed by atoms with van der Waals surface area (Å²) in [4.78, 5) is 18.8. The van der Waals surface area contributed by atoms with Gasteiger partial charge in [0.1, 0.15) is 5.82 Å². The molecule has 1 atom stereocenters. The van der Waals surface area contributed by atoms with Crippen LogP contribution < -0.4 is 5.56 Å². The molecule has 4 heteroatoms. The summed E-state index contributed by atoms with van der Waals surface area (Å²) in [6.45, 7) is 5.09. The number of ether oxygens (including phenoxy) is 1. The van der Waals surface area contributed by atoms with Crippen LogP contribution in [0.1, 0.15) is 38.2 Å². The van der Waals surface area contributed by atoms with Crippen LogP contribution in [0.15, 0.2) is 10.9 Å². The Kier molecular flexibility index (Phi) is 3.94. The summed E-state index contributed by atoms with van der Waals surface area (Å²) in [6, 6.07) is 1.60. The maximum atomic E-state index is 11.5. The summed E-state index contributed by atoms with van der Waals surface area (Å²) >= 11 is 0. The lowest BCUT2D eigenvalue weighted by Crippen LogP contribution is -2.18. The second-order valence-electron chi connectivity index (χ2n) is 5.12. The Morgan fingerprint density at radius 3 is 3.06 bits per heavy atom. The Morgan fingerprint density at radius 2 is 2.41 bits per heavy atom. The molecule has 94 valence electrons. The molecule has 1 saturated heterocycles. The molecule has 1 N–H and O–H groups in total. The zero-order valence-electron chi connectivity index (χ0n) is 10.5. The molecule has 0 spiro atoms. The number of nitrogens with one attached hydrogen (secondary N) is 1. The molecule has 4 nitrogen and oxygen atoms in total. The number of rotatable bonds is 4. The molecule has 0 aliphatic carbocycles. The van der Waals surface area contributed by atoms with E-state index in [0.29, 0.717) is 5.92 Å². The lowest BCUT2D eigenvalue weighted by Gasteiger charge is -2.10. The van der Waals surface area contributed by atoms with Crippen molar-refractivity contribution in [2.24, 2.45) is 5.92 Å². The number of aromatic nitrogens is 2. The minimum absolute atomic E-state index is 0.0522. The van der Waals surface area contributed by atoms with Gasteiger partial charge in [-0.05, 0) is 25.2 Å². The smallest absolute Gasteiger partial charge is 0.251 e. The fourth-order valence-electron chi connectivity index (χ4n) is 2.20. The van der Waals surface area contributed by atoms with Gasteiger partial charge in [-0.1, -0.05) is 13.8 Å². The van der Waals surface area contributed by atoms with Gasteiger partial charge in [0.2, 0.25) is 0 Å². The first-order valence-corrected chi connectivity index (χ1v) is 6.34. The molecule has 0 saturated carbocycles. The molecular formula is C13H20N2O2. The Balaban J connectivity index is 2.10. The molecule has 17 heavy (non-hydrogen) atoms. The maximum Gasteiger partial charge on any atom is 0.251 e. The monoisotopic (exact) mass is 236 g/mol. The van der Waals surface area contributed by atoms with Crippen molar-refractivity contribution in [3.05, 3.63) is 27.9 Å². The van der Waals surface area contributed by atoms with Gasteiger partial charge >= 0.3 is 0 Å². The van der Waals surface area contributed by atoms with E-state index in [1.165, 1.54) is 0 Å². The summed E-state index contributed by atoms with van der Waals surface area (Å²) in [5, 5.41) is 0. The zero-order valence-corrected chi connectivity index (χ0v) is 10.5. The topological polar surface area (TPSA) is 55.0 Å². The molecule has 1 aliphatic heterocycles. The van der Waals surface area contributed by atoms with Crippen LogP contribution in [-0.2, 0) is 17.6 Å². The standard InChI is InChI=1S/C13H20N2O2/c1-9(2)6-10-7-13(16)15-12(14-10)8-11-4-3-5-17-11/h7,9,11H,3-6,8H2,1-2H3,(H,14,15,16). The summed E-state index contributed by atoms with van der Waals surface area (Å²) < 4.78 is 5.56. The number of aromatic amines is 1. The van der Waals surface area contributed by atoms with Crippen LogP contribution in [0.3, 0.4) is 0 Å². The Morgan fingerprint density at radius 1 is 1.59 bits per heavy atom. The zero-order chi connectivity index (χ0) is 12.3. The fourth-order valence-corrected chi connectivity index (χ4v) is 2.20. The van der Waals surface area contributed by atoms with Crippen molar-refractivity contribution in [2.75, 3.05) is 6.61 Å². The van der Waals surface area contributed by atoms with E-state index in [4.69, 9.17) is 4.74 Å². The third kappa shape index (κ3) is 3.66. The minimum Gasteiger partial charge on any atom is -0.378 e. The number of nitrogens with zero attached hydrogens (tertiary/aromatic N) is 1. The van der Waals surface area contributed by atoms with Crippen LogP contribution in [0.5, 0.6) is 0 Å². The first kappa shape index (κ1) is 12.3. The van der Waals surface area contributed by atoms with E-state index in [1.54, 1.807) is 6.07 Å². The first-order chi connectivity index (χ1) is 8.13. The molecule has 2 heterocycles. The molecule has 0 bridgehead atoms. The molecule has 1 unspecified atom stereocenters. The van der Waals surface area contributed by atoms with Crippen molar-refractivity contribution >= 4 is 0 Å². The highest BCUT2D eigenvalue weighted by Gasteiger charge is 2.17. The van der Waals surface area contributed by atoms with Gasteiger partial charge in [0.05, 0.1) is 6.10 Å². The van der Waals surface area contributed by atoms with Gasteiger partial charge in [-0.25, -0.2) is 4.98 Å². The van der Waals surface area contributed by atoms with E-state index < -0.39 is 0 Å². The van der Waals surface area contributed by atoms with E-state index in [9.17, 15) is 4.79 Å². The average molecular weight is 236 g/mol. The third-order valence-electron chi connectivity index (χ3n) is 2.91. The summed E-state index contributed by atoms with van der Waals surface area (Å²) in [5.74, 6) is 1.28. The van der Waals surface area contributed by atoms with Crippen LogP contribution in [-0.4, -0.2) is 22.7 Å². The minimum atomic E-state index is -0.0522. The van der Waals surface area contributed by atoms with Crippen LogP contribution in [0.4, 0.5) is 0 Å². The van der Waals surface area contributed by atoms with Gasteiger partial charge in [-0.3, -0.25) is 4.79 Å². The maximum absolute atomic E-state index is 11.5. The lowest BCUT2D eigenvalue weighted by molar-refractivity contribution is 0.109. The summed E-state index contributed by atoms with van der Waals surface area (Å²) in [6.07, 6.45) is 3.98. The van der Waals surface area contributed by atoms with E-state index in [-0.39, 0.29) is 11.7 Å². The van der Waals surface area contributed by atoms with E-state index in [0.717, 1.165) is 43.8 Å². The molecule has 2 rings (SSSR count). The molecule has 1 aromatic rings. The van der Waals surface area contributed by atoms with Crippen LogP contribution in [0, 0.1) is 5.92 Å². The molecule has 1 aromatic heterocycles. The van der Waals surface area contributed by atoms with Crippen molar-refractivity contribution < 1.29 is 4.74 Å². The molecule has 0 amide bonds. The largest absolute Gasteiger partial charge is 0.378 e. The van der Waals surface area contributed by atoms with Crippen molar-refractivity contribution in [2.45, 2.75) is 45.6 Å². The van der Waals surface area contributed by atoms with Gasteiger partial charge in [0.15, 0.2) is 0 Å². The predicted octanol–water partition coefficient (Wildman–Crippen LogP) is 1.69. The average Bonchev–Trinajstić information content (AvgIpc) is 2.67. The van der Waals surface area contributed by atoms with Gasteiger partial charge in [0.25, 0.3) is 5.56 Å². The molecule has 1 aliphatic rings. The van der Waals surface area contributed by atoms with Crippen molar-refractivity contribution in [3.63, 3.8) is 0 Å². The number of H-pyrrole nitrogens is 1. The van der Waals surface area contributed by atoms with Gasteiger partial charge in [-0.2, -0.15) is 0 Å². The van der Waals surface area contributed by atoms with Gasteiger partial charge < -0.3 is 9.72 Å². The Hall–Kier alpha value is -1.16. The van der Waals surface area contributed by atoms with E-state index in [2.05, 4.69) is 23.8 Å².